The van der Waals surface area contributed by atoms with Crippen molar-refractivity contribution in [2.75, 3.05) is 18.2 Å². The summed E-state index contributed by atoms with van der Waals surface area (Å²) in [6, 6.07) is 14.1. The molecule has 0 unspecified atom stereocenters. The van der Waals surface area contributed by atoms with Gasteiger partial charge in [0.25, 0.3) is 5.56 Å². The smallest absolute Gasteiger partial charge is 0.337 e. The normalized spacial score (nSPS) is 11.0. The molecule has 0 saturated heterocycles. The van der Waals surface area contributed by atoms with E-state index in [9.17, 15) is 14.4 Å². The predicted molar refractivity (Wildman–Crippen MR) is 132 cm³/mol. The number of thiazole rings is 1. The topological polar surface area (TPSA) is 95.2 Å². The van der Waals surface area contributed by atoms with Gasteiger partial charge in [-0.3, -0.25) is 14.2 Å². The molecule has 10 heteroatoms. The average Bonchev–Trinajstić information content (AvgIpc) is 3.22. The second kappa shape index (κ2) is 9.63. The van der Waals surface area contributed by atoms with Crippen LogP contribution in [0.25, 0.3) is 16.0 Å². The number of nitrogens with zero attached hydrogens (tertiary/aromatic N) is 3. The molecule has 1 amide bonds. The number of rotatable bonds is 7. The van der Waals surface area contributed by atoms with E-state index in [1.807, 2.05) is 19.9 Å². The van der Waals surface area contributed by atoms with Gasteiger partial charge < -0.3 is 10.1 Å². The molecule has 170 valence electrons. The molecule has 2 aromatic heterocycles. The van der Waals surface area contributed by atoms with Crippen molar-refractivity contribution in [3.63, 3.8) is 0 Å². The Morgan fingerprint density at radius 3 is 2.64 bits per heavy atom. The van der Waals surface area contributed by atoms with E-state index in [1.54, 1.807) is 42.5 Å². The third-order valence-electron chi connectivity index (χ3n) is 4.88. The Kier molecular flexibility index (Phi) is 6.66. The lowest BCUT2D eigenvalue weighted by atomic mass is 10.2. The van der Waals surface area contributed by atoms with E-state index in [0.29, 0.717) is 26.2 Å². The zero-order chi connectivity index (χ0) is 23.5. The molecule has 0 aliphatic carbocycles. The van der Waals surface area contributed by atoms with Crippen molar-refractivity contribution in [1.29, 1.82) is 0 Å². The Balaban J connectivity index is 1.82. The molecule has 0 aliphatic heterocycles. The van der Waals surface area contributed by atoms with Crippen molar-refractivity contribution in [3.8, 4) is 11.4 Å². The Bertz CT molecular complexity index is 1440. The molecule has 0 spiro atoms. The number of anilines is 1. The largest absolute Gasteiger partial charge is 0.495 e. The third-order valence-corrected chi connectivity index (χ3v) is 6.94. The summed E-state index contributed by atoms with van der Waals surface area (Å²) in [4.78, 5) is 44.1. The van der Waals surface area contributed by atoms with Gasteiger partial charge in [0, 0.05) is 0 Å². The highest BCUT2D eigenvalue weighted by atomic mass is 32.2. The van der Waals surface area contributed by atoms with Crippen LogP contribution in [0.1, 0.15) is 12.5 Å². The Labute approximate surface area is 197 Å². The highest BCUT2D eigenvalue weighted by molar-refractivity contribution is 8.01. The van der Waals surface area contributed by atoms with Gasteiger partial charge in [0.05, 0.1) is 18.5 Å². The molecule has 33 heavy (non-hydrogen) atoms. The molecule has 2 aromatic carbocycles. The van der Waals surface area contributed by atoms with Crippen molar-refractivity contribution in [2.24, 2.45) is 0 Å². The molecule has 1 N–H and O–H groups in total. The summed E-state index contributed by atoms with van der Waals surface area (Å²) in [6.07, 6.45) is 0. The summed E-state index contributed by atoms with van der Waals surface area (Å²) in [5.41, 5.74) is 1.03. The highest BCUT2D eigenvalue weighted by Crippen LogP contribution is 2.28. The minimum Gasteiger partial charge on any atom is -0.495 e. The van der Waals surface area contributed by atoms with Gasteiger partial charge >= 0.3 is 5.69 Å². The number of hydrogen-bond donors (Lipinski definition) is 1. The van der Waals surface area contributed by atoms with Crippen LogP contribution in [0.3, 0.4) is 0 Å². The number of methoxy groups -OCH3 is 1. The number of amides is 1. The second-order valence-corrected chi connectivity index (χ2v) is 9.67. The molecule has 4 aromatic rings. The van der Waals surface area contributed by atoms with Gasteiger partial charge in [-0.25, -0.2) is 14.3 Å². The first kappa shape index (κ1) is 22.8. The maximum Gasteiger partial charge on any atom is 0.337 e. The van der Waals surface area contributed by atoms with Crippen molar-refractivity contribution in [3.05, 3.63) is 74.9 Å². The van der Waals surface area contributed by atoms with Gasteiger partial charge in [-0.2, -0.15) is 0 Å². The van der Waals surface area contributed by atoms with Crippen molar-refractivity contribution < 1.29 is 9.53 Å². The van der Waals surface area contributed by atoms with Gasteiger partial charge in [0.2, 0.25) is 5.91 Å². The first-order valence-corrected chi connectivity index (χ1v) is 12.0. The van der Waals surface area contributed by atoms with Gasteiger partial charge in [0.15, 0.2) is 9.99 Å². The van der Waals surface area contributed by atoms with Gasteiger partial charge in [-0.15, -0.1) is 11.3 Å². The lowest BCUT2D eigenvalue weighted by Crippen LogP contribution is -2.40. The molecule has 0 bridgehead atoms. The quantitative estimate of drug-likeness (QED) is 0.404. The van der Waals surface area contributed by atoms with E-state index >= 15 is 0 Å². The van der Waals surface area contributed by atoms with Crippen LogP contribution in [0.4, 0.5) is 5.69 Å². The SMILES string of the molecule is CCSc1nc2c(s1)c(=O)n(-c1ccccc1)c(=O)n2CC(=O)Nc1cc(C)ccc1OC. The molecule has 8 nitrogen and oxygen atoms in total. The van der Waals surface area contributed by atoms with Crippen LogP contribution < -0.4 is 21.3 Å². The molecule has 0 atom stereocenters. The zero-order valence-corrected chi connectivity index (χ0v) is 20.0. The van der Waals surface area contributed by atoms with Crippen LogP contribution in [0, 0.1) is 6.92 Å². The minimum atomic E-state index is -0.622. The summed E-state index contributed by atoms with van der Waals surface area (Å²) in [6.45, 7) is 3.58. The van der Waals surface area contributed by atoms with E-state index in [0.717, 1.165) is 15.9 Å². The fraction of sp³-hybridized carbons (Fsp3) is 0.217. The van der Waals surface area contributed by atoms with E-state index < -0.39 is 17.2 Å². The lowest BCUT2D eigenvalue weighted by Gasteiger charge is -2.13. The van der Waals surface area contributed by atoms with Gasteiger partial charge in [-0.05, 0) is 42.5 Å². The van der Waals surface area contributed by atoms with E-state index in [-0.39, 0.29) is 12.2 Å². The Morgan fingerprint density at radius 2 is 1.94 bits per heavy atom. The number of carbonyl (C=O) groups is 1. The monoisotopic (exact) mass is 482 g/mol. The van der Waals surface area contributed by atoms with Crippen LogP contribution in [-0.2, 0) is 11.3 Å². The summed E-state index contributed by atoms with van der Waals surface area (Å²) in [5.74, 6) is 0.846. The highest BCUT2D eigenvalue weighted by Gasteiger charge is 2.21. The van der Waals surface area contributed by atoms with Crippen LogP contribution in [0.15, 0.2) is 62.5 Å². The fourth-order valence-corrected chi connectivity index (χ4v) is 5.37. The number of carbonyl (C=O) groups excluding carboxylic acids is 1. The molecule has 0 fully saturated rings. The molecular formula is C23H22N4O4S2. The predicted octanol–water partition coefficient (Wildman–Crippen LogP) is 3.68. The molecule has 2 heterocycles. The molecule has 0 saturated carbocycles. The summed E-state index contributed by atoms with van der Waals surface area (Å²) in [7, 11) is 1.52. The van der Waals surface area contributed by atoms with Gasteiger partial charge in [0.1, 0.15) is 17.0 Å². The first-order valence-electron chi connectivity index (χ1n) is 10.2. The Hall–Kier alpha value is -3.37. The molecule has 0 radical (unpaired) electrons. The Morgan fingerprint density at radius 1 is 1.18 bits per heavy atom. The summed E-state index contributed by atoms with van der Waals surface area (Å²) < 4.78 is 8.66. The summed E-state index contributed by atoms with van der Waals surface area (Å²) in [5, 5.41) is 2.81. The molecular weight excluding hydrogens is 460 g/mol. The number of ether oxygens (including phenoxy) is 1. The van der Waals surface area contributed by atoms with E-state index in [4.69, 9.17) is 4.74 Å². The fourth-order valence-electron chi connectivity index (χ4n) is 3.40. The number of aromatic nitrogens is 3. The number of hydrogen-bond acceptors (Lipinski definition) is 7. The average molecular weight is 483 g/mol. The number of para-hydroxylation sites is 1. The third kappa shape index (κ3) is 4.57. The van der Waals surface area contributed by atoms with Gasteiger partial charge in [-0.1, -0.05) is 43.0 Å². The maximum atomic E-state index is 13.4. The van der Waals surface area contributed by atoms with Crippen molar-refractivity contribution in [2.45, 2.75) is 24.7 Å². The van der Waals surface area contributed by atoms with Crippen LogP contribution in [-0.4, -0.2) is 32.9 Å². The van der Waals surface area contributed by atoms with E-state index in [2.05, 4.69) is 10.3 Å². The lowest BCUT2D eigenvalue weighted by molar-refractivity contribution is -0.116. The second-order valence-electron chi connectivity index (χ2n) is 7.16. The van der Waals surface area contributed by atoms with Crippen LogP contribution >= 0.6 is 23.1 Å². The minimum absolute atomic E-state index is 0.212. The molecule has 4 rings (SSSR count). The number of nitrogens with one attached hydrogen (secondary N) is 1. The number of thioether (sulfide) groups is 1. The van der Waals surface area contributed by atoms with E-state index in [1.165, 1.54) is 34.8 Å². The number of aryl methyl sites for hydroxylation is 1. The number of benzene rings is 2. The maximum absolute atomic E-state index is 13.4. The number of fused-ring (bicyclic) bond motifs is 1. The van der Waals surface area contributed by atoms with Crippen LogP contribution in [0.2, 0.25) is 0 Å². The molecule has 0 aliphatic rings. The zero-order valence-electron chi connectivity index (χ0n) is 18.3. The first-order chi connectivity index (χ1) is 15.9. The van der Waals surface area contributed by atoms with Crippen LogP contribution in [0.5, 0.6) is 5.75 Å². The standard InChI is InChI=1S/C23H22N4O4S2/c1-4-32-22-25-20-19(33-22)21(29)27(15-8-6-5-7-9-15)23(30)26(20)13-18(28)24-16-12-14(2)10-11-17(16)31-3/h5-12H,4,13H2,1-3H3,(H,24,28). The summed E-state index contributed by atoms with van der Waals surface area (Å²) >= 11 is 2.71. The van der Waals surface area contributed by atoms with Crippen molar-refractivity contribution in [1.82, 2.24) is 14.1 Å². The van der Waals surface area contributed by atoms with Crippen molar-refractivity contribution >= 4 is 45.0 Å².